The third kappa shape index (κ3) is 2.81. The molecule has 23 heavy (non-hydrogen) atoms. The predicted octanol–water partition coefficient (Wildman–Crippen LogP) is 3.72. The lowest BCUT2D eigenvalue weighted by atomic mass is 10.0. The largest absolute Gasteiger partial charge is 0.361 e. The van der Waals surface area contributed by atoms with Crippen molar-refractivity contribution in [3.8, 4) is 0 Å². The number of H-pyrrole nitrogens is 1. The van der Waals surface area contributed by atoms with Gasteiger partial charge in [-0.25, -0.2) is 0 Å². The normalized spacial score (nSPS) is 30.7. The molecular formula is C20H29N3. The van der Waals surface area contributed by atoms with E-state index in [0.717, 1.165) is 30.5 Å². The summed E-state index contributed by atoms with van der Waals surface area (Å²) in [5, 5.41) is 1.38. The van der Waals surface area contributed by atoms with Crippen molar-refractivity contribution in [1.82, 2.24) is 14.8 Å². The Bertz CT molecular complexity index is 660. The Labute approximate surface area is 139 Å². The Morgan fingerprint density at radius 3 is 2.35 bits per heavy atom. The van der Waals surface area contributed by atoms with Gasteiger partial charge in [-0.3, -0.25) is 4.90 Å². The molecule has 2 fully saturated rings. The number of hydrogen-bond donors (Lipinski definition) is 1. The Balaban J connectivity index is 1.42. The van der Waals surface area contributed by atoms with Gasteiger partial charge in [0, 0.05) is 35.7 Å². The molecule has 0 radical (unpaired) electrons. The van der Waals surface area contributed by atoms with Crippen molar-refractivity contribution in [2.24, 2.45) is 11.8 Å². The zero-order chi connectivity index (χ0) is 16.0. The first kappa shape index (κ1) is 15.2. The van der Waals surface area contributed by atoms with Crippen LogP contribution in [0.3, 0.4) is 0 Å². The monoisotopic (exact) mass is 311 g/mol. The summed E-state index contributed by atoms with van der Waals surface area (Å²) >= 11 is 0. The maximum absolute atomic E-state index is 3.33. The second-order valence-electron chi connectivity index (χ2n) is 8.01. The third-order valence-corrected chi connectivity index (χ3v) is 6.42. The van der Waals surface area contributed by atoms with Crippen molar-refractivity contribution < 1.29 is 0 Å². The van der Waals surface area contributed by atoms with Gasteiger partial charge in [-0.15, -0.1) is 0 Å². The SMILES string of the molecule is CN(C)C1C[C@@H]2CC(N(C)Cc3cccc4[nH]ccc34)C[C@@H]2C1. The highest BCUT2D eigenvalue weighted by Crippen LogP contribution is 2.46. The first-order chi connectivity index (χ1) is 11.1. The van der Waals surface area contributed by atoms with Crippen LogP contribution in [0.4, 0.5) is 0 Å². The van der Waals surface area contributed by atoms with Gasteiger partial charge in [0.2, 0.25) is 0 Å². The summed E-state index contributed by atoms with van der Waals surface area (Å²) < 4.78 is 0. The Morgan fingerprint density at radius 1 is 0.957 bits per heavy atom. The van der Waals surface area contributed by atoms with Crippen molar-refractivity contribution in [2.45, 2.75) is 44.3 Å². The molecule has 2 aliphatic carbocycles. The lowest BCUT2D eigenvalue weighted by Gasteiger charge is -2.27. The predicted molar refractivity (Wildman–Crippen MR) is 96.5 cm³/mol. The minimum atomic E-state index is 0.766. The average Bonchev–Trinajstić information content (AvgIpc) is 3.21. The van der Waals surface area contributed by atoms with Gasteiger partial charge in [-0.1, -0.05) is 12.1 Å². The zero-order valence-corrected chi connectivity index (χ0v) is 14.6. The average molecular weight is 311 g/mol. The van der Waals surface area contributed by atoms with Gasteiger partial charge in [0.1, 0.15) is 0 Å². The number of nitrogens with one attached hydrogen (secondary N) is 1. The van der Waals surface area contributed by atoms with Gasteiger partial charge < -0.3 is 9.88 Å². The van der Waals surface area contributed by atoms with Crippen LogP contribution >= 0.6 is 0 Å². The molecule has 4 rings (SSSR count). The molecule has 2 aliphatic rings. The molecule has 1 aromatic heterocycles. The topological polar surface area (TPSA) is 22.3 Å². The number of rotatable bonds is 4. The van der Waals surface area contributed by atoms with E-state index in [4.69, 9.17) is 0 Å². The van der Waals surface area contributed by atoms with Crippen molar-refractivity contribution in [1.29, 1.82) is 0 Å². The number of hydrogen-bond acceptors (Lipinski definition) is 2. The van der Waals surface area contributed by atoms with Gasteiger partial charge in [0.15, 0.2) is 0 Å². The lowest BCUT2D eigenvalue weighted by Crippen LogP contribution is -2.31. The van der Waals surface area contributed by atoms with Crippen LogP contribution in [0.2, 0.25) is 0 Å². The molecule has 0 bridgehead atoms. The molecule has 1 aromatic carbocycles. The fourth-order valence-corrected chi connectivity index (χ4v) is 5.02. The first-order valence-electron chi connectivity index (χ1n) is 9.03. The molecule has 124 valence electrons. The van der Waals surface area contributed by atoms with E-state index < -0.39 is 0 Å². The minimum absolute atomic E-state index is 0.766. The van der Waals surface area contributed by atoms with E-state index in [0.29, 0.717) is 0 Å². The standard InChI is InChI=1S/C20H29N3/c1-22(2)17-9-15-11-18(12-16(15)10-17)23(3)13-14-5-4-6-20-19(14)7-8-21-20/h4-8,15-18,21H,9-13H2,1-3H3/t15-,16+,17?,18?. The summed E-state index contributed by atoms with van der Waals surface area (Å²) in [6, 6.07) is 10.4. The van der Waals surface area contributed by atoms with Crippen LogP contribution in [0.15, 0.2) is 30.5 Å². The van der Waals surface area contributed by atoms with Crippen LogP contribution in [-0.2, 0) is 6.54 Å². The molecule has 0 amide bonds. The molecule has 3 heteroatoms. The van der Waals surface area contributed by atoms with Gasteiger partial charge >= 0.3 is 0 Å². The smallest absolute Gasteiger partial charge is 0.0457 e. The van der Waals surface area contributed by atoms with Crippen LogP contribution in [0.5, 0.6) is 0 Å². The third-order valence-electron chi connectivity index (χ3n) is 6.42. The Hall–Kier alpha value is -1.32. The summed E-state index contributed by atoms with van der Waals surface area (Å²) in [5.41, 5.74) is 2.71. The second kappa shape index (κ2) is 5.95. The van der Waals surface area contributed by atoms with Crippen molar-refractivity contribution in [3.63, 3.8) is 0 Å². The highest BCUT2D eigenvalue weighted by Gasteiger charge is 2.43. The fourth-order valence-electron chi connectivity index (χ4n) is 5.02. The maximum atomic E-state index is 3.33. The van der Waals surface area contributed by atoms with Gasteiger partial charge in [0.05, 0.1) is 0 Å². The molecule has 0 aliphatic heterocycles. The summed E-state index contributed by atoms with van der Waals surface area (Å²) in [7, 11) is 6.81. The molecule has 4 atom stereocenters. The van der Waals surface area contributed by atoms with Gasteiger partial charge in [-0.2, -0.15) is 0 Å². The van der Waals surface area contributed by atoms with Crippen molar-refractivity contribution >= 4 is 10.9 Å². The number of fused-ring (bicyclic) bond motifs is 2. The summed E-state index contributed by atoms with van der Waals surface area (Å²) in [5.74, 6) is 1.91. The summed E-state index contributed by atoms with van der Waals surface area (Å²) in [4.78, 5) is 8.36. The Morgan fingerprint density at radius 2 is 1.65 bits per heavy atom. The maximum Gasteiger partial charge on any atom is 0.0457 e. The van der Waals surface area contributed by atoms with Gasteiger partial charge in [0.25, 0.3) is 0 Å². The molecule has 3 nitrogen and oxygen atoms in total. The van der Waals surface area contributed by atoms with Crippen LogP contribution in [0.1, 0.15) is 31.2 Å². The molecule has 1 heterocycles. The first-order valence-corrected chi connectivity index (χ1v) is 9.03. The van der Waals surface area contributed by atoms with E-state index in [-0.39, 0.29) is 0 Å². The molecule has 2 saturated carbocycles. The van der Waals surface area contributed by atoms with E-state index in [1.165, 1.54) is 42.1 Å². The molecular weight excluding hydrogens is 282 g/mol. The second-order valence-corrected chi connectivity index (χ2v) is 8.01. The zero-order valence-electron chi connectivity index (χ0n) is 14.6. The van der Waals surface area contributed by atoms with Gasteiger partial charge in [-0.05, 0) is 76.4 Å². The number of aromatic amines is 1. The quantitative estimate of drug-likeness (QED) is 0.930. The minimum Gasteiger partial charge on any atom is -0.361 e. The van der Waals surface area contributed by atoms with E-state index in [1.807, 2.05) is 0 Å². The molecule has 2 aromatic rings. The van der Waals surface area contributed by atoms with Crippen LogP contribution in [0.25, 0.3) is 10.9 Å². The molecule has 0 spiro atoms. The van der Waals surface area contributed by atoms with E-state index in [2.05, 4.69) is 66.4 Å². The Kier molecular flexibility index (Phi) is 3.94. The number of aromatic nitrogens is 1. The number of nitrogens with zero attached hydrogens (tertiary/aromatic N) is 2. The number of benzene rings is 1. The fraction of sp³-hybridized carbons (Fsp3) is 0.600. The molecule has 2 unspecified atom stereocenters. The molecule has 1 N–H and O–H groups in total. The van der Waals surface area contributed by atoms with E-state index in [9.17, 15) is 0 Å². The van der Waals surface area contributed by atoms with E-state index in [1.54, 1.807) is 0 Å². The van der Waals surface area contributed by atoms with E-state index >= 15 is 0 Å². The van der Waals surface area contributed by atoms with Crippen LogP contribution < -0.4 is 0 Å². The van der Waals surface area contributed by atoms with Crippen molar-refractivity contribution in [3.05, 3.63) is 36.0 Å². The summed E-state index contributed by atoms with van der Waals surface area (Å²) in [6.07, 6.45) is 7.67. The summed E-state index contributed by atoms with van der Waals surface area (Å²) in [6.45, 7) is 1.07. The highest BCUT2D eigenvalue weighted by molar-refractivity contribution is 5.82. The van der Waals surface area contributed by atoms with Crippen LogP contribution in [0, 0.1) is 11.8 Å². The highest BCUT2D eigenvalue weighted by atomic mass is 15.1. The molecule has 0 saturated heterocycles. The lowest BCUT2D eigenvalue weighted by molar-refractivity contribution is 0.212. The van der Waals surface area contributed by atoms with Crippen LogP contribution in [-0.4, -0.2) is 48.0 Å². The van der Waals surface area contributed by atoms with Crippen molar-refractivity contribution in [2.75, 3.05) is 21.1 Å².